The lowest BCUT2D eigenvalue weighted by atomic mass is 10.2. The first-order chi connectivity index (χ1) is 7.13. The zero-order valence-corrected chi connectivity index (χ0v) is 8.43. The van der Waals surface area contributed by atoms with Gasteiger partial charge in [-0.25, -0.2) is 4.98 Å². The van der Waals surface area contributed by atoms with Crippen molar-refractivity contribution in [2.45, 2.75) is 25.4 Å². The third-order valence-corrected chi connectivity index (χ3v) is 1.90. The van der Waals surface area contributed by atoms with Crippen molar-refractivity contribution < 1.29 is 9.59 Å². The van der Waals surface area contributed by atoms with Gasteiger partial charge in [-0.15, -0.1) is 0 Å². The molecule has 0 spiro atoms. The molecular formula is C9H14N4O2. The number of aromatic amines is 1. The second kappa shape index (κ2) is 5.26. The fourth-order valence-corrected chi connectivity index (χ4v) is 1.08. The van der Waals surface area contributed by atoms with Gasteiger partial charge in [0.1, 0.15) is 6.29 Å². The van der Waals surface area contributed by atoms with E-state index in [1.54, 1.807) is 13.1 Å². The van der Waals surface area contributed by atoms with E-state index in [4.69, 9.17) is 5.73 Å². The van der Waals surface area contributed by atoms with Crippen LogP contribution in [-0.2, 0) is 16.0 Å². The van der Waals surface area contributed by atoms with Gasteiger partial charge in [-0.2, -0.15) is 0 Å². The molecule has 1 amide bonds. The molecule has 1 heterocycles. The molecule has 0 saturated heterocycles. The van der Waals surface area contributed by atoms with Crippen molar-refractivity contribution in [3.63, 3.8) is 0 Å². The van der Waals surface area contributed by atoms with Gasteiger partial charge in [-0.1, -0.05) is 0 Å². The van der Waals surface area contributed by atoms with Gasteiger partial charge in [0.2, 0.25) is 5.91 Å². The van der Waals surface area contributed by atoms with E-state index in [2.05, 4.69) is 15.3 Å². The number of aromatic nitrogens is 2. The van der Waals surface area contributed by atoms with Gasteiger partial charge in [0.05, 0.1) is 18.4 Å². The smallest absolute Gasteiger partial charge is 0.237 e. The van der Waals surface area contributed by atoms with Crippen molar-refractivity contribution >= 4 is 12.2 Å². The van der Waals surface area contributed by atoms with Crippen molar-refractivity contribution in [1.29, 1.82) is 0 Å². The van der Waals surface area contributed by atoms with E-state index in [0.717, 1.165) is 5.69 Å². The van der Waals surface area contributed by atoms with E-state index in [-0.39, 0.29) is 5.91 Å². The number of imidazole rings is 1. The number of nitrogens with zero attached hydrogens (tertiary/aromatic N) is 1. The van der Waals surface area contributed by atoms with Crippen LogP contribution in [0.1, 0.15) is 12.6 Å². The van der Waals surface area contributed by atoms with Gasteiger partial charge in [-0.3, -0.25) is 4.79 Å². The summed E-state index contributed by atoms with van der Waals surface area (Å²) in [6.45, 7) is 1.56. The molecule has 0 fully saturated rings. The highest BCUT2D eigenvalue weighted by atomic mass is 16.2. The first kappa shape index (κ1) is 11.4. The summed E-state index contributed by atoms with van der Waals surface area (Å²) in [5.41, 5.74) is 6.15. The number of nitrogens with two attached hydrogens (primary N) is 1. The Kier molecular flexibility index (Phi) is 3.99. The normalized spacial score (nSPS) is 14.3. The Morgan fingerprint density at radius 2 is 2.53 bits per heavy atom. The third-order valence-electron chi connectivity index (χ3n) is 1.90. The molecule has 4 N–H and O–H groups in total. The Bertz CT molecular complexity index is 321. The van der Waals surface area contributed by atoms with E-state index in [1.165, 1.54) is 6.33 Å². The number of hydrogen-bond acceptors (Lipinski definition) is 4. The topological polar surface area (TPSA) is 101 Å². The van der Waals surface area contributed by atoms with E-state index < -0.39 is 12.1 Å². The first-order valence-corrected chi connectivity index (χ1v) is 4.62. The molecule has 6 nitrogen and oxygen atoms in total. The van der Waals surface area contributed by atoms with Crippen LogP contribution in [0.5, 0.6) is 0 Å². The fraction of sp³-hybridized carbons (Fsp3) is 0.444. The van der Waals surface area contributed by atoms with Gasteiger partial charge in [0, 0.05) is 18.3 Å². The Balaban J connectivity index is 2.50. The lowest BCUT2D eigenvalue weighted by Gasteiger charge is -2.13. The van der Waals surface area contributed by atoms with Crippen molar-refractivity contribution in [2.24, 2.45) is 5.73 Å². The Labute approximate surface area is 87.3 Å². The minimum Gasteiger partial charge on any atom is -0.348 e. The minimum absolute atomic E-state index is 0.341. The van der Waals surface area contributed by atoms with Crippen LogP contribution in [0.15, 0.2) is 12.5 Å². The van der Waals surface area contributed by atoms with Gasteiger partial charge in [0.25, 0.3) is 0 Å². The first-order valence-electron chi connectivity index (χ1n) is 4.62. The molecule has 0 radical (unpaired) electrons. The molecule has 1 rings (SSSR count). The average Bonchev–Trinajstić information content (AvgIpc) is 2.69. The van der Waals surface area contributed by atoms with Crippen LogP contribution >= 0.6 is 0 Å². The van der Waals surface area contributed by atoms with Crippen molar-refractivity contribution in [2.75, 3.05) is 0 Å². The molecule has 1 aromatic heterocycles. The number of nitrogens with one attached hydrogen (secondary N) is 2. The van der Waals surface area contributed by atoms with Crippen molar-refractivity contribution in [3.8, 4) is 0 Å². The number of aldehydes is 1. The predicted octanol–water partition coefficient (Wildman–Crippen LogP) is -1.02. The van der Waals surface area contributed by atoms with E-state index in [1.807, 2.05) is 0 Å². The average molecular weight is 210 g/mol. The molecule has 0 aliphatic carbocycles. The Hall–Kier alpha value is -1.69. The molecule has 6 heteroatoms. The number of rotatable bonds is 5. The van der Waals surface area contributed by atoms with Gasteiger partial charge < -0.3 is 20.8 Å². The highest BCUT2D eigenvalue weighted by Crippen LogP contribution is 1.96. The summed E-state index contributed by atoms with van der Waals surface area (Å²) in [6.07, 6.45) is 4.20. The lowest BCUT2D eigenvalue weighted by Crippen LogP contribution is -2.45. The largest absolute Gasteiger partial charge is 0.348 e. The van der Waals surface area contributed by atoms with Crippen LogP contribution in [0, 0.1) is 0 Å². The maximum absolute atomic E-state index is 11.2. The zero-order chi connectivity index (χ0) is 11.3. The van der Waals surface area contributed by atoms with Crippen LogP contribution in [-0.4, -0.2) is 34.2 Å². The summed E-state index contributed by atoms with van der Waals surface area (Å²) in [7, 11) is 0. The summed E-state index contributed by atoms with van der Waals surface area (Å²) < 4.78 is 0. The molecule has 0 aliphatic heterocycles. The van der Waals surface area contributed by atoms with Gasteiger partial charge in [-0.05, 0) is 6.92 Å². The highest BCUT2D eigenvalue weighted by Gasteiger charge is 2.14. The maximum Gasteiger partial charge on any atom is 0.237 e. The molecule has 1 unspecified atom stereocenters. The van der Waals surface area contributed by atoms with Crippen LogP contribution < -0.4 is 11.1 Å². The van der Waals surface area contributed by atoms with E-state index in [0.29, 0.717) is 12.7 Å². The molecule has 0 aliphatic rings. The number of carbonyl (C=O) groups is 2. The van der Waals surface area contributed by atoms with E-state index >= 15 is 0 Å². The zero-order valence-electron chi connectivity index (χ0n) is 8.43. The predicted molar refractivity (Wildman–Crippen MR) is 53.9 cm³/mol. The highest BCUT2D eigenvalue weighted by molar-refractivity contribution is 5.83. The van der Waals surface area contributed by atoms with Crippen molar-refractivity contribution in [3.05, 3.63) is 18.2 Å². The monoisotopic (exact) mass is 210 g/mol. The minimum atomic E-state index is -0.616. The molecule has 1 aromatic rings. The Morgan fingerprint density at radius 3 is 3.00 bits per heavy atom. The molecule has 0 saturated carbocycles. The summed E-state index contributed by atoms with van der Waals surface area (Å²) in [4.78, 5) is 28.6. The van der Waals surface area contributed by atoms with Crippen molar-refractivity contribution in [1.82, 2.24) is 15.3 Å². The quantitative estimate of drug-likeness (QED) is 0.541. The Morgan fingerprint density at radius 1 is 1.80 bits per heavy atom. The second-order valence-corrected chi connectivity index (χ2v) is 3.32. The number of carbonyl (C=O) groups excluding carboxylic acids is 2. The molecule has 15 heavy (non-hydrogen) atoms. The van der Waals surface area contributed by atoms with Gasteiger partial charge in [0.15, 0.2) is 0 Å². The molecule has 2 atom stereocenters. The third kappa shape index (κ3) is 3.51. The number of H-pyrrole nitrogens is 1. The second-order valence-electron chi connectivity index (χ2n) is 3.32. The number of hydrogen-bond donors (Lipinski definition) is 3. The summed E-state index contributed by atoms with van der Waals surface area (Å²) in [5, 5.41) is 2.52. The maximum atomic E-state index is 11.2. The summed E-state index contributed by atoms with van der Waals surface area (Å²) in [5.74, 6) is -0.341. The van der Waals surface area contributed by atoms with Crippen LogP contribution in [0.25, 0.3) is 0 Å². The lowest BCUT2D eigenvalue weighted by molar-refractivity contribution is -0.124. The van der Waals surface area contributed by atoms with Crippen LogP contribution in [0.3, 0.4) is 0 Å². The SMILES string of the molecule is CC(N)C(=O)N[C@@H](C=O)Cc1cnc[nH]1. The number of amides is 1. The molecule has 0 aromatic carbocycles. The van der Waals surface area contributed by atoms with Crippen LogP contribution in [0.2, 0.25) is 0 Å². The van der Waals surface area contributed by atoms with Crippen LogP contribution in [0.4, 0.5) is 0 Å². The van der Waals surface area contributed by atoms with E-state index in [9.17, 15) is 9.59 Å². The fourth-order valence-electron chi connectivity index (χ4n) is 1.08. The summed E-state index contributed by atoms with van der Waals surface area (Å²) >= 11 is 0. The standard InChI is InChI=1S/C9H14N4O2/c1-6(10)9(15)13-8(4-14)2-7-3-11-5-12-7/h3-6,8H,2,10H2,1H3,(H,11,12)(H,13,15)/t6?,8-/m1/s1. The molecule has 0 bridgehead atoms. The molecular weight excluding hydrogens is 196 g/mol. The summed E-state index contributed by atoms with van der Waals surface area (Å²) in [6, 6.07) is -1.18. The molecule has 82 valence electrons. The van der Waals surface area contributed by atoms with Gasteiger partial charge >= 0.3 is 0 Å².